The Hall–Kier alpha value is -4.20. The van der Waals surface area contributed by atoms with Crippen LogP contribution in [0.2, 0.25) is 0 Å². The summed E-state index contributed by atoms with van der Waals surface area (Å²) in [6.07, 6.45) is 0.368. The van der Waals surface area contributed by atoms with Crippen LogP contribution in [0.25, 0.3) is 0 Å². The van der Waals surface area contributed by atoms with E-state index < -0.39 is 12.2 Å². The lowest BCUT2D eigenvalue weighted by Crippen LogP contribution is -2.47. The van der Waals surface area contributed by atoms with Gasteiger partial charge in [0.2, 0.25) is 12.0 Å². The van der Waals surface area contributed by atoms with Crippen molar-refractivity contribution in [3.8, 4) is 5.88 Å². The number of pyridine rings is 1. The number of nitrogens with zero attached hydrogens (tertiary/aromatic N) is 3. The fraction of sp³-hybridized carbons (Fsp3) is 0.130. The van der Waals surface area contributed by atoms with Crippen molar-refractivity contribution in [1.29, 1.82) is 0 Å². The van der Waals surface area contributed by atoms with Crippen LogP contribution < -0.4 is 20.3 Å². The van der Waals surface area contributed by atoms with Gasteiger partial charge in [0.15, 0.2) is 0 Å². The van der Waals surface area contributed by atoms with Crippen LogP contribution in [-0.2, 0) is 4.79 Å². The van der Waals surface area contributed by atoms with Crippen LogP contribution in [0.4, 0.5) is 16.2 Å². The third kappa shape index (κ3) is 4.23. The second-order valence-electron chi connectivity index (χ2n) is 6.85. The molecule has 2 aromatic carbocycles. The summed E-state index contributed by atoms with van der Waals surface area (Å²) < 4.78 is 5.01. The zero-order valence-electron chi connectivity index (χ0n) is 17.1. The van der Waals surface area contributed by atoms with E-state index in [4.69, 9.17) is 4.74 Å². The Labute approximate surface area is 179 Å². The first-order valence-corrected chi connectivity index (χ1v) is 9.64. The summed E-state index contributed by atoms with van der Waals surface area (Å²) in [4.78, 5) is 35.9. The lowest BCUT2D eigenvalue weighted by Gasteiger charge is -2.21. The molecule has 0 spiro atoms. The molecule has 8 heteroatoms. The molecule has 1 atom stereocenters. The molecule has 2 heterocycles. The van der Waals surface area contributed by atoms with Gasteiger partial charge >= 0.3 is 6.03 Å². The van der Waals surface area contributed by atoms with Crippen LogP contribution >= 0.6 is 0 Å². The van der Waals surface area contributed by atoms with Gasteiger partial charge in [0.25, 0.3) is 5.91 Å². The maximum Gasteiger partial charge on any atom is 0.321 e. The predicted molar refractivity (Wildman–Crippen MR) is 119 cm³/mol. The average molecular weight is 415 g/mol. The Morgan fingerprint density at radius 1 is 1.03 bits per heavy atom. The molecular weight excluding hydrogens is 394 g/mol. The summed E-state index contributed by atoms with van der Waals surface area (Å²) in [7, 11) is 3.18. The lowest BCUT2D eigenvalue weighted by atomic mass is 10.0. The number of ether oxygens (including phenoxy) is 1. The standard InChI is InChI=1S/C23H21N5O3/c1-28-18-11-7-6-10-17(18)20(15-8-4-3-5-9-15)26-21(22(28)29)27-23(30)25-16-12-13-19(31-2)24-14-16/h3-14,21H,1-2H3,(H2,25,27,30). The number of anilines is 2. The van der Waals surface area contributed by atoms with Crippen LogP contribution in [0.15, 0.2) is 77.9 Å². The Bertz CT molecular complexity index is 1130. The number of methoxy groups -OCH3 is 1. The number of nitrogens with one attached hydrogen (secondary N) is 2. The maximum absolute atomic E-state index is 13.1. The number of aliphatic imine (C=N–C) groups is 1. The van der Waals surface area contributed by atoms with Crippen molar-refractivity contribution >= 4 is 29.0 Å². The van der Waals surface area contributed by atoms with Crippen molar-refractivity contribution in [2.75, 3.05) is 24.4 Å². The molecule has 1 unspecified atom stereocenters. The molecule has 4 rings (SSSR count). The normalized spacial score (nSPS) is 15.4. The van der Waals surface area contributed by atoms with Crippen molar-refractivity contribution < 1.29 is 14.3 Å². The molecule has 156 valence electrons. The summed E-state index contributed by atoms with van der Waals surface area (Å²) in [5.41, 5.74) is 3.48. The van der Waals surface area contributed by atoms with E-state index in [1.165, 1.54) is 18.2 Å². The predicted octanol–water partition coefficient (Wildman–Crippen LogP) is 3.05. The fourth-order valence-corrected chi connectivity index (χ4v) is 3.31. The number of fused-ring (bicyclic) bond motifs is 1. The summed E-state index contributed by atoms with van der Waals surface area (Å²) in [5.74, 6) is 0.0859. The average Bonchev–Trinajstić information content (AvgIpc) is 2.91. The van der Waals surface area contributed by atoms with Gasteiger partial charge in [-0.3, -0.25) is 4.79 Å². The van der Waals surface area contributed by atoms with Gasteiger partial charge in [-0.2, -0.15) is 0 Å². The smallest absolute Gasteiger partial charge is 0.321 e. The zero-order chi connectivity index (χ0) is 21.8. The molecule has 2 N–H and O–H groups in total. The molecule has 8 nitrogen and oxygen atoms in total. The number of amides is 3. The number of hydrogen-bond acceptors (Lipinski definition) is 5. The number of urea groups is 1. The van der Waals surface area contributed by atoms with Gasteiger partial charge in [0.1, 0.15) is 0 Å². The highest BCUT2D eigenvalue weighted by Gasteiger charge is 2.30. The molecule has 3 amide bonds. The Kier molecular flexibility index (Phi) is 5.61. The number of carbonyl (C=O) groups excluding carboxylic acids is 2. The van der Waals surface area contributed by atoms with Gasteiger partial charge in [-0.1, -0.05) is 48.5 Å². The van der Waals surface area contributed by atoms with Crippen molar-refractivity contribution in [1.82, 2.24) is 10.3 Å². The molecule has 1 aliphatic heterocycles. The fourth-order valence-electron chi connectivity index (χ4n) is 3.31. The molecule has 0 saturated carbocycles. The van der Waals surface area contributed by atoms with Crippen LogP contribution in [0.1, 0.15) is 11.1 Å². The van der Waals surface area contributed by atoms with E-state index in [0.29, 0.717) is 17.3 Å². The van der Waals surface area contributed by atoms with E-state index >= 15 is 0 Å². The number of likely N-dealkylation sites (N-methyl/N-ethyl adjacent to an activating group) is 1. The van der Waals surface area contributed by atoms with E-state index in [-0.39, 0.29) is 5.91 Å². The van der Waals surface area contributed by atoms with Gasteiger partial charge in [0, 0.05) is 24.2 Å². The third-order valence-corrected chi connectivity index (χ3v) is 4.86. The number of benzene rings is 2. The Balaban J connectivity index is 1.65. The van der Waals surface area contributed by atoms with Crippen LogP contribution in [-0.4, -0.2) is 43.0 Å². The first-order valence-electron chi connectivity index (χ1n) is 9.64. The highest BCUT2D eigenvalue weighted by Crippen LogP contribution is 2.27. The molecule has 0 radical (unpaired) electrons. The quantitative estimate of drug-likeness (QED) is 0.685. The van der Waals surface area contributed by atoms with Gasteiger partial charge in [-0.25, -0.2) is 14.8 Å². The second-order valence-corrected chi connectivity index (χ2v) is 6.85. The highest BCUT2D eigenvalue weighted by atomic mass is 16.5. The molecule has 1 aliphatic rings. The Morgan fingerprint density at radius 3 is 2.48 bits per heavy atom. The van der Waals surface area contributed by atoms with Crippen LogP contribution in [0.5, 0.6) is 5.88 Å². The van der Waals surface area contributed by atoms with Crippen LogP contribution in [0, 0.1) is 0 Å². The van der Waals surface area contributed by atoms with Gasteiger partial charge in [-0.15, -0.1) is 0 Å². The number of aromatic nitrogens is 1. The summed E-state index contributed by atoms with van der Waals surface area (Å²) >= 11 is 0. The van der Waals surface area contributed by atoms with Crippen LogP contribution in [0.3, 0.4) is 0 Å². The molecule has 0 bridgehead atoms. The van der Waals surface area contributed by atoms with Gasteiger partial charge in [0.05, 0.1) is 30.4 Å². The van der Waals surface area contributed by atoms with Gasteiger partial charge < -0.3 is 20.3 Å². The largest absolute Gasteiger partial charge is 0.481 e. The monoisotopic (exact) mass is 415 g/mol. The molecule has 1 aromatic heterocycles. The number of rotatable bonds is 4. The van der Waals surface area contributed by atoms with E-state index in [9.17, 15) is 9.59 Å². The van der Waals surface area contributed by atoms with E-state index in [0.717, 1.165) is 16.8 Å². The maximum atomic E-state index is 13.1. The molecule has 31 heavy (non-hydrogen) atoms. The molecule has 0 fully saturated rings. The minimum absolute atomic E-state index is 0.346. The summed E-state index contributed by atoms with van der Waals surface area (Å²) in [6, 6.07) is 19.8. The first-order chi connectivity index (χ1) is 15.1. The Morgan fingerprint density at radius 2 is 1.77 bits per heavy atom. The molecule has 3 aromatic rings. The third-order valence-electron chi connectivity index (χ3n) is 4.86. The number of hydrogen-bond donors (Lipinski definition) is 2. The molecule has 0 aliphatic carbocycles. The molecular formula is C23H21N5O3. The topological polar surface area (TPSA) is 95.9 Å². The lowest BCUT2D eigenvalue weighted by molar-refractivity contribution is -0.119. The second kappa shape index (κ2) is 8.66. The number of carbonyl (C=O) groups is 2. The van der Waals surface area contributed by atoms with E-state index in [2.05, 4.69) is 20.6 Å². The zero-order valence-corrected chi connectivity index (χ0v) is 17.1. The van der Waals surface area contributed by atoms with E-state index in [1.54, 1.807) is 19.2 Å². The van der Waals surface area contributed by atoms with Crippen molar-refractivity contribution in [3.05, 3.63) is 84.1 Å². The van der Waals surface area contributed by atoms with Crippen molar-refractivity contribution in [3.63, 3.8) is 0 Å². The SMILES string of the molecule is COc1ccc(NC(=O)NC2N=C(c3ccccc3)c3ccccc3N(C)C2=O)cn1. The van der Waals surface area contributed by atoms with E-state index in [1.807, 2.05) is 54.6 Å². The molecule has 0 saturated heterocycles. The highest BCUT2D eigenvalue weighted by molar-refractivity contribution is 6.20. The minimum atomic E-state index is -1.10. The number of para-hydroxylation sites is 1. The first kappa shape index (κ1) is 20.1. The van der Waals surface area contributed by atoms with Crippen molar-refractivity contribution in [2.24, 2.45) is 4.99 Å². The van der Waals surface area contributed by atoms with Gasteiger partial charge in [-0.05, 0) is 12.1 Å². The minimum Gasteiger partial charge on any atom is -0.481 e. The van der Waals surface area contributed by atoms with Crippen molar-refractivity contribution in [2.45, 2.75) is 6.17 Å². The summed E-state index contributed by atoms with van der Waals surface area (Å²) in [5, 5.41) is 5.33. The summed E-state index contributed by atoms with van der Waals surface area (Å²) in [6.45, 7) is 0. The number of benzodiazepines with no additional fused rings is 1.